The molecule has 0 aliphatic heterocycles. The molecule has 0 radical (unpaired) electrons. The van der Waals surface area contributed by atoms with Gasteiger partial charge in [0.1, 0.15) is 11.4 Å². The van der Waals surface area contributed by atoms with E-state index in [-0.39, 0.29) is 11.4 Å². The van der Waals surface area contributed by atoms with Crippen molar-refractivity contribution in [3.63, 3.8) is 0 Å². The van der Waals surface area contributed by atoms with Gasteiger partial charge in [0.25, 0.3) is 0 Å². The predicted octanol–water partition coefficient (Wildman–Crippen LogP) is 4.71. The molecule has 0 atom stereocenters. The molecule has 0 N–H and O–H groups in total. The van der Waals surface area contributed by atoms with E-state index in [2.05, 4.69) is 19.9 Å². The van der Waals surface area contributed by atoms with Crippen molar-refractivity contribution in [2.45, 2.75) is 6.18 Å². The van der Waals surface area contributed by atoms with Gasteiger partial charge >= 0.3 is 12.1 Å². The summed E-state index contributed by atoms with van der Waals surface area (Å²) in [7, 11) is 2.55. The predicted molar refractivity (Wildman–Crippen MR) is 87.5 cm³/mol. The van der Waals surface area contributed by atoms with Crippen molar-refractivity contribution in [3.8, 4) is 5.75 Å². The van der Waals surface area contributed by atoms with E-state index >= 15 is 0 Å². The number of rotatable bonds is 5. The van der Waals surface area contributed by atoms with Crippen LogP contribution >= 0.6 is 0 Å². The summed E-state index contributed by atoms with van der Waals surface area (Å²) >= 11 is 0. The largest absolute Gasteiger partial charge is 0.494 e. The number of alkyl halides is 3. The second-order valence-electron chi connectivity index (χ2n) is 4.88. The first kappa shape index (κ1) is 19.1. The van der Waals surface area contributed by atoms with E-state index in [9.17, 15) is 18.0 Å². The number of azo groups is 1. The van der Waals surface area contributed by atoms with Crippen molar-refractivity contribution in [2.75, 3.05) is 14.2 Å². The minimum Gasteiger partial charge on any atom is -0.494 e. The fourth-order valence-corrected chi connectivity index (χ4v) is 1.90. The van der Waals surface area contributed by atoms with Gasteiger partial charge in [0.2, 0.25) is 0 Å². The minimum atomic E-state index is -4.51. The van der Waals surface area contributed by atoms with E-state index < -0.39 is 17.7 Å². The van der Waals surface area contributed by atoms with E-state index in [0.717, 1.165) is 12.1 Å². The minimum absolute atomic E-state index is 0.0814. The van der Waals surface area contributed by atoms with Gasteiger partial charge in [-0.3, -0.25) is 4.98 Å². The lowest BCUT2D eigenvalue weighted by molar-refractivity contribution is -0.137. The number of halogens is 3. The lowest BCUT2D eigenvalue weighted by Crippen LogP contribution is -2.04. The van der Waals surface area contributed by atoms with Crippen LogP contribution in [0, 0.1) is 0 Å². The fraction of sp³-hybridized carbons (Fsp3) is 0.176. The molecule has 1 aromatic heterocycles. The molecule has 0 fully saturated rings. The van der Waals surface area contributed by atoms with Crippen molar-refractivity contribution in [1.82, 2.24) is 4.98 Å². The number of benzene rings is 1. The molecular weight excluding hydrogens is 351 g/mol. The van der Waals surface area contributed by atoms with Crippen LogP contribution in [-0.4, -0.2) is 25.2 Å². The van der Waals surface area contributed by atoms with Crippen LogP contribution in [0.1, 0.15) is 11.1 Å². The van der Waals surface area contributed by atoms with Crippen molar-refractivity contribution in [2.24, 2.45) is 10.2 Å². The molecule has 6 nitrogen and oxygen atoms in total. The summed E-state index contributed by atoms with van der Waals surface area (Å²) in [5, 5.41) is 7.80. The SMILES string of the molecule is COC(=O)/C=C/c1cnccc1N=Nc1cc(C(F)(F)F)ccc1OC. The van der Waals surface area contributed by atoms with Gasteiger partial charge in [0, 0.05) is 24.0 Å². The maximum absolute atomic E-state index is 12.9. The number of carbonyl (C=O) groups excluding carboxylic acids is 1. The first-order chi connectivity index (χ1) is 12.3. The third-order valence-corrected chi connectivity index (χ3v) is 3.20. The highest BCUT2D eigenvalue weighted by Gasteiger charge is 2.31. The molecule has 0 amide bonds. The Labute approximate surface area is 147 Å². The van der Waals surface area contributed by atoms with Gasteiger partial charge in [-0.25, -0.2) is 4.79 Å². The van der Waals surface area contributed by atoms with Crippen LogP contribution in [0.5, 0.6) is 5.75 Å². The molecule has 26 heavy (non-hydrogen) atoms. The van der Waals surface area contributed by atoms with E-state index in [1.165, 1.54) is 50.9 Å². The molecule has 0 unspecified atom stereocenters. The van der Waals surface area contributed by atoms with Crippen LogP contribution in [-0.2, 0) is 15.7 Å². The monoisotopic (exact) mass is 365 g/mol. The van der Waals surface area contributed by atoms with Gasteiger partial charge in [-0.05, 0) is 30.3 Å². The van der Waals surface area contributed by atoms with Crippen LogP contribution in [0.2, 0.25) is 0 Å². The standard InChI is InChI=1S/C17H14F3N3O3/c1-25-15-5-4-12(17(18,19)20)9-14(15)23-22-13-7-8-21-10-11(13)3-6-16(24)26-2/h3-10H,1-2H3/b6-3+,23-22?. The highest BCUT2D eigenvalue weighted by Crippen LogP contribution is 2.37. The Morgan fingerprint density at radius 3 is 2.54 bits per heavy atom. The lowest BCUT2D eigenvalue weighted by Gasteiger charge is -2.09. The summed E-state index contributed by atoms with van der Waals surface area (Å²) in [5.41, 5.74) is -0.206. The van der Waals surface area contributed by atoms with Gasteiger partial charge < -0.3 is 9.47 Å². The highest BCUT2D eigenvalue weighted by molar-refractivity contribution is 5.87. The number of carbonyl (C=O) groups is 1. The normalized spacial score (nSPS) is 11.9. The first-order valence-corrected chi connectivity index (χ1v) is 7.22. The first-order valence-electron chi connectivity index (χ1n) is 7.22. The van der Waals surface area contributed by atoms with Crippen LogP contribution in [0.3, 0.4) is 0 Å². The molecule has 0 saturated carbocycles. The van der Waals surface area contributed by atoms with Crippen LogP contribution in [0.4, 0.5) is 24.5 Å². The molecule has 2 aromatic rings. The van der Waals surface area contributed by atoms with E-state index in [0.29, 0.717) is 11.3 Å². The zero-order valence-electron chi connectivity index (χ0n) is 13.8. The van der Waals surface area contributed by atoms with Crippen LogP contribution in [0.15, 0.2) is 53.0 Å². The van der Waals surface area contributed by atoms with Gasteiger partial charge in [0.05, 0.1) is 25.5 Å². The second kappa shape index (κ2) is 8.24. The summed E-state index contributed by atoms with van der Waals surface area (Å²) in [6, 6.07) is 4.41. The number of esters is 1. The van der Waals surface area contributed by atoms with E-state index in [4.69, 9.17) is 4.74 Å². The van der Waals surface area contributed by atoms with Gasteiger partial charge in [-0.2, -0.15) is 13.2 Å². The zero-order valence-corrected chi connectivity index (χ0v) is 13.8. The Morgan fingerprint density at radius 1 is 1.15 bits per heavy atom. The maximum Gasteiger partial charge on any atom is 0.416 e. The quantitative estimate of drug-likeness (QED) is 0.437. The molecule has 0 saturated heterocycles. The van der Waals surface area contributed by atoms with Crippen molar-refractivity contribution >= 4 is 23.4 Å². The number of ether oxygens (including phenoxy) is 2. The number of aromatic nitrogens is 1. The molecule has 0 bridgehead atoms. The molecule has 2 rings (SSSR count). The molecule has 0 aliphatic carbocycles. The Morgan fingerprint density at radius 2 is 1.88 bits per heavy atom. The maximum atomic E-state index is 12.9. The van der Waals surface area contributed by atoms with Gasteiger partial charge in [-0.1, -0.05) is 0 Å². The molecule has 0 aliphatic rings. The number of methoxy groups -OCH3 is 2. The zero-order chi connectivity index (χ0) is 19.2. The summed E-state index contributed by atoms with van der Waals surface area (Å²) in [6.07, 6.45) is 0.934. The second-order valence-corrected chi connectivity index (χ2v) is 4.88. The average Bonchev–Trinajstić information content (AvgIpc) is 2.63. The number of hydrogen-bond acceptors (Lipinski definition) is 6. The van der Waals surface area contributed by atoms with Crippen molar-refractivity contribution < 1.29 is 27.4 Å². The van der Waals surface area contributed by atoms with Crippen LogP contribution < -0.4 is 4.74 Å². The highest BCUT2D eigenvalue weighted by atomic mass is 19.4. The summed E-state index contributed by atoms with van der Waals surface area (Å²) in [5.74, 6) is -0.432. The van der Waals surface area contributed by atoms with Crippen molar-refractivity contribution in [3.05, 3.63) is 53.9 Å². The number of hydrogen-bond donors (Lipinski definition) is 0. The molecule has 1 heterocycles. The van der Waals surface area contributed by atoms with Crippen LogP contribution in [0.25, 0.3) is 6.08 Å². The average molecular weight is 365 g/mol. The number of nitrogens with zero attached hydrogens (tertiary/aromatic N) is 3. The lowest BCUT2D eigenvalue weighted by atomic mass is 10.2. The van der Waals surface area contributed by atoms with Gasteiger partial charge in [0.15, 0.2) is 0 Å². The fourth-order valence-electron chi connectivity index (χ4n) is 1.90. The third-order valence-electron chi connectivity index (χ3n) is 3.20. The Bertz CT molecular complexity index is 849. The van der Waals surface area contributed by atoms with Gasteiger partial charge in [-0.15, -0.1) is 10.2 Å². The summed E-state index contributed by atoms with van der Waals surface area (Å²) in [4.78, 5) is 15.1. The molecule has 0 spiro atoms. The molecule has 9 heteroatoms. The summed E-state index contributed by atoms with van der Waals surface area (Å²) in [6.45, 7) is 0. The Balaban J connectivity index is 2.38. The molecular formula is C17H14F3N3O3. The van der Waals surface area contributed by atoms with E-state index in [1.807, 2.05) is 0 Å². The van der Waals surface area contributed by atoms with E-state index in [1.54, 1.807) is 0 Å². The topological polar surface area (TPSA) is 73.1 Å². The summed E-state index contributed by atoms with van der Waals surface area (Å²) < 4.78 is 48.1. The van der Waals surface area contributed by atoms with Crippen molar-refractivity contribution in [1.29, 1.82) is 0 Å². The third kappa shape index (κ3) is 4.88. The Kier molecular flexibility index (Phi) is 6.05. The number of pyridine rings is 1. The smallest absolute Gasteiger partial charge is 0.416 e. The molecule has 136 valence electrons. The molecule has 1 aromatic carbocycles. The Hall–Kier alpha value is -3.23.